The second-order valence-electron chi connectivity index (χ2n) is 13.3. The summed E-state index contributed by atoms with van der Waals surface area (Å²) in [6.07, 6.45) is 5.23. The third-order valence-corrected chi connectivity index (χ3v) is 9.11. The zero-order valence-corrected chi connectivity index (χ0v) is 26.5. The Bertz CT molecular complexity index is 1230. The normalized spacial score (nSPS) is 18.7. The molecule has 0 radical (unpaired) electrons. The minimum Gasteiger partial charge on any atom is -0.475 e. The van der Waals surface area contributed by atoms with Crippen LogP contribution in [0.4, 0.5) is 0 Å². The third-order valence-electron chi connectivity index (χ3n) is 9.11. The van der Waals surface area contributed by atoms with Gasteiger partial charge in [-0.3, -0.25) is 19.2 Å². The predicted octanol–water partition coefficient (Wildman–Crippen LogP) is 3.51. The van der Waals surface area contributed by atoms with E-state index >= 15 is 0 Å². The SMILES string of the molecule is Cc1cc(C)cc(-c2c(CCN3CCN(CC(=O)N4CCCC4)CC3)c(OCC(C)(C)C(=O)N3CCCC3)nn2C)c1. The molecule has 0 aliphatic carbocycles. The van der Waals surface area contributed by atoms with Gasteiger partial charge in [0.2, 0.25) is 17.7 Å². The number of piperazine rings is 1. The molecule has 3 fully saturated rings. The van der Waals surface area contributed by atoms with Crippen LogP contribution in [0.2, 0.25) is 0 Å². The highest BCUT2D eigenvalue weighted by Crippen LogP contribution is 2.33. The van der Waals surface area contributed by atoms with Crippen LogP contribution in [-0.2, 0) is 23.1 Å². The van der Waals surface area contributed by atoms with Crippen LogP contribution in [0.1, 0.15) is 56.2 Å². The Balaban J connectivity index is 1.27. The Hall–Kier alpha value is -2.91. The van der Waals surface area contributed by atoms with Gasteiger partial charge in [-0.15, -0.1) is 5.10 Å². The van der Waals surface area contributed by atoms with E-state index in [9.17, 15) is 9.59 Å². The van der Waals surface area contributed by atoms with Gasteiger partial charge in [-0.2, -0.15) is 0 Å². The van der Waals surface area contributed by atoms with Crippen molar-refractivity contribution < 1.29 is 14.3 Å². The van der Waals surface area contributed by atoms with Crippen molar-refractivity contribution in [2.45, 2.75) is 59.8 Å². The molecule has 0 unspecified atom stereocenters. The quantitative estimate of drug-likeness (QED) is 0.430. The molecule has 42 heavy (non-hydrogen) atoms. The van der Waals surface area contributed by atoms with Gasteiger partial charge in [0, 0.05) is 77.1 Å². The number of hydrogen-bond donors (Lipinski definition) is 0. The van der Waals surface area contributed by atoms with E-state index in [4.69, 9.17) is 9.84 Å². The number of rotatable bonds is 10. The molecule has 1 aromatic carbocycles. The molecule has 0 atom stereocenters. The molecule has 3 saturated heterocycles. The lowest BCUT2D eigenvalue weighted by molar-refractivity contribution is -0.140. The van der Waals surface area contributed by atoms with Crippen LogP contribution in [0, 0.1) is 19.3 Å². The highest BCUT2D eigenvalue weighted by molar-refractivity contribution is 5.82. The molecule has 5 rings (SSSR count). The number of likely N-dealkylation sites (tertiary alicyclic amines) is 2. The van der Waals surface area contributed by atoms with E-state index in [0.29, 0.717) is 19.0 Å². The molecule has 0 spiro atoms. The van der Waals surface area contributed by atoms with Gasteiger partial charge in [0.05, 0.1) is 17.7 Å². The summed E-state index contributed by atoms with van der Waals surface area (Å²) in [5.74, 6) is 1.07. The summed E-state index contributed by atoms with van der Waals surface area (Å²) >= 11 is 0. The van der Waals surface area contributed by atoms with Crippen molar-refractivity contribution in [3.8, 4) is 17.1 Å². The van der Waals surface area contributed by atoms with Crippen molar-refractivity contribution in [3.63, 3.8) is 0 Å². The van der Waals surface area contributed by atoms with Crippen LogP contribution >= 0.6 is 0 Å². The van der Waals surface area contributed by atoms with Crippen molar-refractivity contribution in [1.82, 2.24) is 29.4 Å². The predicted molar refractivity (Wildman–Crippen MR) is 166 cm³/mol. The van der Waals surface area contributed by atoms with Crippen LogP contribution < -0.4 is 4.74 Å². The highest BCUT2D eigenvalue weighted by Gasteiger charge is 2.35. The van der Waals surface area contributed by atoms with Crippen molar-refractivity contribution in [2.75, 3.05) is 72.1 Å². The number of nitrogens with zero attached hydrogens (tertiary/aromatic N) is 6. The first-order valence-electron chi connectivity index (χ1n) is 15.9. The average molecular weight is 579 g/mol. The number of carbonyl (C=O) groups excluding carboxylic acids is 2. The summed E-state index contributed by atoms with van der Waals surface area (Å²) in [6.45, 7) is 17.2. The number of hydrogen-bond acceptors (Lipinski definition) is 6. The zero-order valence-electron chi connectivity index (χ0n) is 26.5. The van der Waals surface area contributed by atoms with Gasteiger partial charge < -0.3 is 19.4 Å². The maximum absolute atomic E-state index is 13.2. The van der Waals surface area contributed by atoms with Crippen LogP contribution in [0.3, 0.4) is 0 Å². The van der Waals surface area contributed by atoms with Crippen molar-refractivity contribution >= 4 is 11.8 Å². The molecule has 0 saturated carbocycles. The topological polar surface area (TPSA) is 74.2 Å². The lowest BCUT2D eigenvalue weighted by atomic mass is 9.93. The number of amides is 2. The van der Waals surface area contributed by atoms with Gasteiger partial charge >= 0.3 is 0 Å². The summed E-state index contributed by atoms with van der Waals surface area (Å²) in [5.41, 5.74) is 5.13. The maximum atomic E-state index is 13.2. The van der Waals surface area contributed by atoms with Gasteiger partial charge in [0.25, 0.3) is 0 Å². The first kappa shape index (κ1) is 30.5. The molecule has 2 aromatic rings. The largest absolute Gasteiger partial charge is 0.475 e. The standard InChI is InChI=1S/C33H50N6O3/c1-25-20-26(2)22-27(21-25)30-28(10-15-36-16-18-37(19-17-36)23-29(40)38-11-6-7-12-38)31(34-35(30)5)42-24-33(3,4)32(41)39-13-8-9-14-39/h20-22H,6-19,23-24H2,1-5H3. The van der Waals surface area contributed by atoms with E-state index in [-0.39, 0.29) is 11.8 Å². The molecule has 4 heterocycles. The van der Waals surface area contributed by atoms with E-state index < -0.39 is 5.41 Å². The number of aromatic nitrogens is 2. The Kier molecular flexibility index (Phi) is 9.57. The monoisotopic (exact) mass is 578 g/mol. The second kappa shape index (κ2) is 13.2. The Morgan fingerprint density at radius 3 is 2.02 bits per heavy atom. The molecule has 3 aliphatic rings. The van der Waals surface area contributed by atoms with Crippen LogP contribution in [0.25, 0.3) is 11.3 Å². The molecule has 1 aromatic heterocycles. The molecule has 9 nitrogen and oxygen atoms in total. The number of benzene rings is 1. The average Bonchev–Trinajstić information content (AvgIpc) is 3.73. The minimum atomic E-state index is -0.623. The second-order valence-corrected chi connectivity index (χ2v) is 13.3. The van der Waals surface area contributed by atoms with Crippen molar-refractivity contribution in [1.29, 1.82) is 0 Å². The van der Waals surface area contributed by atoms with Crippen LogP contribution in [0.5, 0.6) is 5.88 Å². The first-order valence-corrected chi connectivity index (χ1v) is 15.9. The van der Waals surface area contributed by atoms with E-state index in [2.05, 4.69) is 41.8 Å². The molecule has 230 valence electrons. The fraction of sp³-hybridized carbons (Fsp3) is 0.667. The van der Waals surface area contributed by atoms with E-state index in [1.54, 1.807) is 0 Å². The lowest BCUT2D eigenvalue weighted by Gasteiger charge is -2.35. The molecular formula is C33H50N6O3. The summed E-state index contributed by atoms with van der Waals surface area (Å²) in [6, 6.07) is 6.62. The van der Waals surface area contributed by atoms with Crippen LogP contribution in [-0.4, -0.2) is 113 Å². The molecule has 0 N–H and O–H groups in total. The zero-order chi connectivity index (χ0) is 29.9. The Labute approximate surface area is 251 Å². The van der Waals surface area contributed by atoms with E-state index in [1.807, 2.05) is 35.4 Å². The third kappa shape index (κ3) is 7.17. The molecule has 0 bridgehead atoms. The Morgan fingerprint density at radius 2 is 1.40 bits per heavy atom. The molecule has 3 aliphatic heterocycles. The molecule has 2 amide bonds. The van der Waals surface area contributed by atoms with Gasteiger partial charge in [0.15, 0.2) is 0 Å². The van der Waals surface area contributed by atoms with Crippen LogP contribution in [0.15, 0.2) is 18.2 Å². The fourth-order valence-corrected chi connectivity index (χ4v) is 6.71. The number of aryl methyl sites for hydroxylation is 3. The Morgan fingerprint density at radius 1 is 0.833 bits per heavy atom. The van der Waals surface area contributed by atoms with Crippen molar-refractivity contribution in [3.05, 3.63) is 34.9 Å². The van der Waals surface area contributed by atoms with E-state index in [1.165, 1.54) is 11.1 Å². The van der Waals surface area contributed by atoms with Gasteiger partial charge in [-0.1, -0.05) is 17.2 Å². The van der Waals surface area contributed by atoms with Gasteiger partial charge in [-0.05, 0) is 71.9 Å². The molecular weight excluding hydrogens is 528 g/mol. The molecule has 9 heteroatoms. The fourth-order valence-electron chi connectivity index (χ4n) is 6.71. The van der Waals surface area contributed by atoms with Crippen molar-refractivity contribution in [2.24, 2.45) is 12.5 Å². The summed E-state index contributed by atoms with van der Waals surface area (Å²) in [7, 11) is 1.99. The van der Waals surface area contributed by atoms with Gasteiger partial charge in [0.1, 0.15) is 6.61 Å². The first-order chi connectivity index (χ1) is 20.1. The van der Waals surface area contributed by atoms with Gasteiger partial charge in [-0.25, -0.2) is 0 Å². The lowest BCUT2D eigenvalue weighted by Crippen LogP contribution is -2.50. The summed E-state index contributed by atoms with van der Waals surface area (Å²) < 4.78 is 8.37. The smallest absolute Gasteiger partial charge is 0.236 e. The number of carbonyl (C=O) groups is 2. The summed E-state index contributed by atoms with van der Waals surface area (Å²) in [5, 5.41) is 4.85. The summed E-state index contributed by atoms with van der Waals surface area (Å²) in [4.78, 5) is 34.6. The highest BCUT2D eigenvalue weighted by atomic mass is 16.5. The minimum absolute atomic E-state index is 0.160. The maximum Gasteiger partial charge on any atom is 0.236 e. The van der Waals surface area contributed by atoms with E-state index in [0.717, 1.165) is 108 Å². The number of ether oxygens (including phenoxy) is 1.